The summed E-state index contributed by atoms with van der Waals surface area (Å²) in [6.07, 6.45) is 1.83. The minimum atomic E-state index is 0.787. The van der Waals surface area contributed by atoms with E-state index in [0.29, 0.717) is 0 Å². The zero-order chi connectivity index (χ0) is 26.5. The minimum Gasteiger partial charge on any atom is -0.452 e. The molecule has 8 rings (SSSR count). The summed E-state index contributed by atoms with van der Waals surface area (Å²) in [6, 6.07) is 49.0. The Morgan fingerprint density at radius 3 is 2.08 bits per heavy atom. The molecule has 0 aliphatic heterocycles. The van der Waals surface area contributed by atoms with Crippen molar-refractivity contribution in [3.63, 3.8) is 0 Å². The number of rotatable bonds is 4. The normalized spacial score (nSPS) is 11.5. The highest BCUT2D eigenvalue weighted by Crippen LogP contribution is 2.45. The molecule has 0 aliphatic rings. The Hall–Kier alpha value is -5.41. The number of benzene rings is 6. The summed E-state index contributed by atoms with van der Waals surface area (Å²) in [7, 11) is 0. The van der Waals surface area contributed by atoms with Crippen molar-refractivity contribution < 1.29 is 4.42 Å². The highest BCUT2D eigenvalue weighted by molar-refractivity contribution is 6.21. The van der Waals surface area contributed by atoms with Crippen molar-refractivity contribution in [2.75, 3.05) is 4.90 Å². The Morgan fingerprint density at radius 1 is 0.525 bits per heavy atom. The highest BCUT2D eigenvalue weighted by Gasteiger charge is 2.22. The fourth-order valence-electron chi connectivity index (χ4n) is 5.77. The molecule has 40 heavy (non-hydrogen) atoms. The van der Waals surface area contributed by atoms with Crippen molar-refractivity contribution >= 4 is 60.7 Å². The van der Waals surface area contributed by atoms with Gasteiger partial charge in [-0.15, -0.1) is 0 Å². The van der Waals surface area contributed by atoms with Crippen LogP contribution in [0.15, 0.2) is 150 Å². The standard InChI is InChI=1S/C37H24N2O/c1-2-12-30(13-3-1)39(31-20-18-26(19-21-31)28-17-16-25-9-4-5-10-27(25)23-28)33-24-29-11-6-7-14-32(29)35-36-34(40-37(33)35)15-8-22-38-36/h1-24H. The van der Waals surface area contributed by atoms with Crippen molar-refractivity contribution in [1.82, 2.24) is 4.98 Å². The second-order valence-electron chi connectivity index (χ2n) is 10.1. The van der Waals surface area contributed by atoms with E-state index in [9.17, 15) is 0 Å². The Labute approximate surface area is 231 Å². The molecule has 3 heteroatoms. The van der Waals surface area contributed by atoms with Crippen LogP contribution in [-0.2, 0) is 0 Å². The third-order valence-corrected chi connectivity index (χ3v) is 7.67. The van der Waals surface area contributed by atoms with Gasteiger partial charge in [0.05, 0.1) is 11.1 Å². The van der Waals surface area contributed by atoms with Crippen LogP contribution in [0.3, 0.4) is 0 Å². The third kappa shape index (κ3) is 3.63. The van der Waals surface area contributed by atoms with Gasteiger partial charge in [0.2, 0.25) is 0 Å². The number of anilines is 3. The van der Waals surface area contributed by atoms with E-state index < -0.39 is 0 Å². The van der Waals surface area contributed by atoms with Crippen LogP contribution in [-0.4, -0.2) is 4.98 Å². The molecule has 0 unspecified atom stereocenters. The van der Waals surface area contributed by atoms with Crippen LogP contribution in [0.4, 0.5) is 17.1 Å². The maximum Gasteiger partial charge on any atom is 0.161 e. The van der Waals surface area contributed by atoms with E-state index in [2.05, 4.69) is 126 Å². The molecule has 188 valence electrons. The van der Waals surface area contributed by atoms with Crippen LogP contribution >= 0.6 is 0 Å². The Morgan fingerprint density at radius 2 is 1.23 bits per heavy atom. The van der Waals surface area contributed by atoms with Crippen LogP contribution in [0.2, 0.25) is 0 Å². The van der Waals surface area contributed by atoms with Crippen LogP contribution in [0, 0.1) is 0 Å². The molecule has 0 saturated heterocycles. The van der Waals surface area contributed by atoms with E-state index in [1.54, 1.807) is 0 Å². The molecule has 2 heterocycles. The van der Waals surface area contributed by atoms with Crippen molar-refractivity contribution in [1.29, 1.82) is 0 Å². The maximum absolute atomic E-state index is 6.55. The van der Waals surface area contributed by atoms with E-state index in [0.717, 1.165) is 49.9 Å². The van der Waals surface area contributed by atoms with Crippen molar-refractivity contribution in [3.8, 4) is 11.1 Å². The first-order valence-electron chi connectivity index (χ1n) is 13.5. The average Bonchev–Trinajstić information content (AvgIpc) is 3.42. The smallest absolute Gasteiger partial charge is 0.161 e. The predicted octanol–water partition coefficient (Wildman–Crippen LogP) is 10.4. The van der Waals surface area contributed by atoms with Gasteiger partial charge in [0.1, 0.15) is 5.52 Å². The van der Waals surface area contributed by atoms with E-state index in [4.69, 9.17) is 9.40 Å². The summed E-state index contributed by atoms with van der Waals surface area (Å²) >= 11 is 0. The quantitative estimate of drug-likeness (QED) is 0.235. The summed E-state index contributed by atoms with van der Waals surface area (Å²) < 4.78 is 6.55. The predicted molar refractivity (Wildman–Crippen MR) is 167 cm³/mol. The van der Waals surface area contributed by atoms with E-state index in [-0.39, 0.29) is 0 Å². The van der Waals surface area contributed by atoms with E-state index in [1.165, 1.54) is 21.9 Å². The molecule has 0 amide bonds. The molecular formula is C37H24N2O. The topological polar surface area (TPSA) is 29.3 Å². The van der Waals surface area contributed by atoms with Gasteiger partial charge in [-0.25, -0.2) is 0 Å². The zero-order valence-corrected chi connectivity index (χ0v) is 21.7. The first-order chi connectivity index (χ1) is 19.8. The van der Waals surface area contributed by atoms with Gasteiger partial charge in [-0.3, -0.25) is 4.98 Å². The summed E-state index contributed by atoms with van der Waals surface area (Å²) in [5.41, 5.74) is 7.98. The van der Waals surface area contributed by atoms with Gasteiger partial charge in [0.15, 0.2) is 11.2 Å². The van der Waals surface area contributed by atoms with E-state index >= 15 is 0 Å². The average molecular weight is 513 g/mol. The molecular weight excluding hydrogens is 488 g/mol. The molecule has 0 aliphatic carbocycles. The molecule has 0 bridgehead atoms. The molecule has 0 saturated carbocycles. The maximum atomic E-state index is 6.55. The Bertz CT molecular complexity index is 2160. The van der Waals surface area contributed by atoms with Gasteiger partial charge in [0, 0.05) is 17.6 Å². The fraction of sp³-hybridized carbons (Fsp3) is 0. The number of furan rings is 1. The monoisotopic (exact) mass is 512 g/mol. The lowest BCUT2D eigenvalue weighted by Crippen LogP contribution is -2.10. The largest absolute Gasteiger partial charge is 0.452 e. The number of hydrogen-bond donors (Lipinski definition) is 0. The minimum absolute atomic E-state index is 0.787. The van der Waals surface area contributed by atoms with Gasteiger partial charge in [-0.1, -0.05) is 91.0 Å². The summed E-state index contributed by atoms with van der Waals surface area (Å²) in [5.74, 6) is 0. The lowest BCUT2D eigenvalue weighted by Gasteiger charge is -2.26. The van der Waals surface area contributed by atoms with Gasteiger partial charge in [-0.2, -0.15) is 0 Å². The summed E-state index contributed by atoms with van der Waals surface area (Å²) in [6.45, 7) is 0. The lowest BCUT2D eigenvalue weighted by molar-refractivity contribution is 0.668. The van der Waals surface area contributed by atoms with Gasteiger partial charge in [-0.05, 0) is 81.2 Å². The molecule has 0 radical (unpaired) electrons. The van der Waals surface area contributed by atoms with Gasteiger partial charge >= 0.3 is 0 Å². The first-order valence-corrected chi connectivity index (χ1v) is 13.5. The third-order valence-electron chi connectivity index (χ3n) is 7.67. The number of fused-ring (bicyclic) bond motifs is 6. The highest BCUT2D eigenvalue weighted by atomic mass is 16.3. The molecule has 0 N–H and O–H groups in total. The molecule has 0 fully saturated rings. The molecule has 8 aromatic rings. The van der Waals surface area contributed by atoms with Gasteiger partial charge < -0.3 is 9.32 Å². The summed E-state index contributed by atoms with van der Waals surface area (Å²) in [5, 5.41) is 5.81. The Kier molecular flexibility index (Phi) is 5.14. The SMILES string of the molecule is c1ccc(N(c2ccc(-c3ccc4ccccc4c3)cc2)c2cc3ccccc3c3c2oc2cccnc23)cc1. The van der Waals surface area contributed by atoms with Crippen LogP contribution in [0.25, 0.3) is 54.7 Å². The van der Waals surface area contributed by atoms with Crippen LogP contribution < -0.4 is 4.90 Å². The molecule has 6 aromatic carbocycles. The zero-order valence-electron chi connectivity index (χ0n) is 21.7. The van der Waals surface area contributed by atoms with E-state index in [1.807, 2.05) is 24.4 Å². The van der Waals surface area contributed by atoms with Crippen LogP contribution in [0.1, 0.15) is 0 Å². The molecule has 0 spiro atoms. The fourth-order valence-corrected chi connectivity index (χ4v) is 5.77. The Balaban J connectivity index is 1.34. The molecule has 2 aromatic heterocycles. The second kappa shape index (κ2) is 9.11. The van der Waals surface area contributed by atoms with Crippen molar-refractivity contribution in [3.05, 3.63) is 146 Å². The number of pyridine rings is 1. The van der Waals surface area contributed by atoms with Crippen molar-refractivity contribution in [2.24, 2.45) is 0 Å². The number of hydrogen-bond acceptors (Lipinski definition) is 3. The van der Waals surface area contributed by atoms with Crippen molar-refractivity contribution in [2.45, 2.75) is 0 Å². The van der Waals surface area contributed by atoms with Crippen LogP contribution in [0.5, 0.6) is 0 Å². The first kappa shape index (κ1) is 22.6. The lowest BCUT2D eigenvalue weighted by atomic mass is 10.0. The van der Waals surface area contributed by atoms with Gasteiger partial charge in [0.25, 0.3) is 0 Å². The number of nitrogens with zero attached hydrogens (tertiary/aromatic N) is 2. The molecule has 0 atom stereocenters. The number of aromatic nitrogens is 1. The molecule has 3 nitrogen and oxygen atoms in total. The second-order valence-corrected chi connectivity index (χ2v) is 10.1. The number of para-hydroxylation sites is 1. The summed E-state index contributed by atoms with van der Waals surface area (Å²) in [4.78, 5) is 7.00.